The van der Waals surface area contributed by atoms with Crippen molar-refractivity contribution in [3.8, 4) is 0 Å². The topological polar surface area (TPSA) is 66.6 Å². The highest BCUT2D eigenvalue weighted by atomic mass is 79.9. The second-order valence-corrected chi connectivity index (χ2v) is 5.87. The number of halogens is 1. The maximum atomic E-state index is 12.5. The number of aliphatic hydroxyl groups is 1. The summed E-state index contributed by atoms with van der Waals surface area (Å²) in [6.07, 6.45) is 2.85. The molecule has 1 unspecified atom stereocenters. The van der Waals surface area contributed by atoms with E-state index >= 15 is 0 Å². The highest BCUT2D eigenvalue weighted by Crippen LogP contribution is 2.25. The van der Waals surface area contributed by atoms with Gasteiger partial charge in [-0.1, -0.05) is 0 Å². The van der Waals surface area contributed by atoms with Crippen LogP contribution in [0.5, 0.6) is 0 Å². The molecule has 1 aromatic carbocycles. The minimum Gasteiger partial charge on any atom is -0.399 e. The molecule has 0 aliphatic carbocycles. The smallest absolute Gasteiger partial charge is 0.255 e. The Hall–Kier alpha value is -1.07. The molecule has 1 heterocycles. The fourth-order valence-corrected chi connectivity index (χ4v) is 2.96. The quantitative estimate of drug-likeness (QED) is 0.837. The van der Waals surface area contributed by atoms with Gasteiger partial charge in [-0.2, -0.15) is 0 Å². The summed E-state index contributed by atoms with van der Waals surface area (Å²) < 4.78 is 0.774. The van der Waals surface area contributed by atoms with Gasteiger partial charge < -0.3 is 15.7 Å². The van der Waals surface area contributed by atoms with Crippen LogP contribution in [-0.4, -0.2) is 35.6 Å². The Balaban J connectivity index is 2.12. The zero-order valence-electron chi connectivity index (χ0n) is 10.8. The normalized spacial score (nSPS) is 19.5. The molecule has 4 nitrogen and oxygen atoms in total. The fraction of sp³-hybridized carbons (Fsp3) is 0.500. The number of hydrogen-bond donors (Lipinski definition) is 2. The Labute approximate surface area is 121 Å². The lowest BCUT2D eigenvalue weighted by Crippen LogP contribution is -2.40. The van der Waals surface area contributed by atoms with E-state index in [2.05, 4.69) is 15.9 Å². The maximum Gasteiger partial charge on any atom is 0.255 e. The molecule has 0 bridgehead atoms. The molecule has 1 aromatic rings. The number of piperidine rings is 1. The van der Waals surface area contributed by atoms with Gasteiger partial charge in [0.05, 0.1) is 5.56 Å². The molecule has 1 aliphatic rings. The van der Waals surface area contributed by atoms with E-state index in [1.54, 1.807) is 18.2 Å². The summed E-state index contributed by atoms with van der Waals surface area (Å²) in [5.74, 6) is 0.421. The van der Waals surface area contributed by atoms with Crippen LogP contribution in [-0.2, 0) is 0 Å². The number of carbonyl (C=O) groups is 1. The SMILES string of the molecule is Nc1ccc(Br)c(C(=O)N2CCCC(CCO)C2)c1. The average molecular weight is 327 g/mol. The molecule has 1 atom stereocenters. The van der Waals surface area contributed by atoms with E-state index in [4.69, 9.17) is 10.8 Å². The number of benzene rings is 1. The van der Waals surface area contributed by atoms with E-state index in [0.29, 0.717) is 17.2 Å². The van der Waals surface area contributed by atoms with Gasteiger partial charge in [-0.05, 0) is 59.3 Å². The van der Waals surface area contributed by atoms with Crippen molar-refractivity contribution in [2.24, 2.45) is 5.92 Å². The summed E-state index contributed by atoms with van der Waals surface area (Å²) in [7, 11) is 0. The number of hydrogen-bond acceptors (Lipinski definition) is 3. The predicted octanol–water partition coefficient (Wildman–Crippen LogP) is 2.27. The van der Waals surface area contributed by atoms with E-state index in [0.717, 1.165) is 36.8 Å². The Morgan fingerprint density at radius 2 is 2.32 bits per heavy atom. The van der Waals surface area contributed by atoms with Crippen molar-refractivity contribution in [1.29, 1.82) is 0 Å². The largest absolute Gasteiger partial charge is 0.399 e. The predicted molar refractivity (Wildman–Crippen MR) is 78.9 cm³/mol. The molecule has 19 heavy (non-hydrogen) atoms. The van der Waals surface area contributed by atoms with Crippen LogP contribution in [0.3, 0.4) is 0 Å². The molecule has 5 heteroatoms. The van der Waals surface area contributed by atoms with Gasteiger partial charge in [0.25, 0.3) is 5.91 Å². The number of nitrogen functional groups attached to an aromatic ring is 1. The van der Waals surface area contributed by atoms with E-state index < -0.39 is 0 Å². The van der Waals surface area contributed by atoms with Crippen LogP contribution in [0.4, 0.5) is 5.69 Å². The molecule has 2 rings (SSSR count). The van der Waals surface area contributed by atoms with E-state index in [1.807, 2.05) is 4.90 Å². The molecule has 0 spiro atoms. The van der Waals surface area contributed by atoms with E-state index in [1.165, 1.54) is 0 Å². The van der Waals surface area contributed by atoms with E-state index in [9.17, 15) is 4.79 Å². The Morgan fingerprint density at radius 3 is 3.05 bits per heavy atom. The lowest BCUT2D eigenvalue weighted by atomic mass is 9.94. The number of anilines is 1. The van der Waals surface area contributed by atoms with Crippen LogP contribution < -0.4 is 5.73 Å². The second-order valence-electron chi connectivity index (χ2n) is 5.01. The fourth-order valence-electron chi connectivity index (χ4n) is 2.54. The second kappa shape index (κ2) is 6.39. The third-order valence-electron chi connectivity index (χ3n) is 3.56. The van der Waals surface area contributed by atoms with Gasteiger partial charge in [-0.3, -0.25) is 4.79 Å². The lowest BCUT2D eigenvalue weighted by Gasteiger charge is -2.32. The number of nitrogens with zero attached hydrogens (tertiary/aromatic N) is 1. The number of likely N-dealkylation sites (tertiary alicyclic amines) is 1. The summed E-state index contributed by atoms with van der Waals surface area (Å²) in [4.78, 5) is 14.4. The van der Waals surface area contributed by atoms with Gasteiger partial charge >= 0.3 is 0 Å². The number of amides is 1. The molecule has 1 amide bonds. The zero-order chi connectivity index (χ0) is 13.8. The molecule has 1 aliphatic heterocycles. The van der Waals surface area contributed by atoms with Gasteiger partial charge in [0, 0.05) is 29.9 Å². The molecular weight excluding hydrogens is 308 g/mol. The summed E-state index contributed by atoms with van der Waals surface area (Å²) >= 11 is 3.40. The van der Waals surface area contributed by atoms with Gasteiger partial charge in [0.1, 0.15) is 0 Å². The minimum atomic E-state index is 0.0156. The van der Waals surface area contributed by atoms with Crippen molar-refractivity contribution in [2.45, 2.75) is 19.3 Å². The van der Waals surface area contributed by atoms with Crippen LogP contribution in [0.2, 0.25) is 0 Å². The average Bonchev–Trinajstić information content (AvgIpc) is 2.41. The third kappa shape index (κ3) is 3.48. The number of rotatable bonds is 3. The molecule has 104 valence electrons. The molecule has 3 N–H and O–H groups in total. The van der Waals surface area contributed by atoms with Crippen LogP contribution >= 0.6 is 15.9 Å². The van der Waals surface area contributed by atoms with Crippen molar-refractivity contribution < 1.29 is 9.90 Å². The standard InChI is InChI=1S/C14H19BrN2O2/c15-13-4-3-11(16)8-12(13)14(19)17-6-1-2-10(9-17)5-7-18/h3-4,8,10,18H,1-2,5-7,9,16H2. The Bertz CT molecular complexity index is 463. The summed E-state index contributed by atoms with van der Waals surface area (Å²) in [5, 5.41) is 9.01. The summed E-state index contributed by atoms with van der Waals surface area (Å²) in [6, 6.07) is 5.28. The monoisotopic (exact) mass is 326 g/mol. The first-order valence-corrected chi connectivity index (χ1v) is 7.36. The van der Waals surface area contributed by atoms with Crippen molar-refractivity contribution in [1.82, 2.24) is 4.90 Å². The Morgan fingerprint density at radius 1 is 1.53 bits per heavy atom. The molecular formula is C14H19BrN2O2. The maximum absolute atomic E-state index is 12.5. The summed E-state index contributed by atoms with van der Waals surface area (Å²) in [6.45, 7) is 1.69. The van der Waals surface area contributed by atoms with Crippen molar-refractivity contribution in [3.63, 3.8) is 0 Å². The highest BCUT2D eigenvalue weighted by Gasteiger charge is 2.25. The number of nitrogens with two attached hydrogens (primary N) is 1. The summed E-state index contributed by atoms with van der Waals surface area (Å²) in [5.41, 5.74) is 6.95. The van der Waals surface area contributed by atoms with Gasteiger partial charge in [-0.15, -0.1) is 0 Å². The molecule has 1 fully saturated rings. The first-order valence-electron chi connectivity index (χ1n) is 6.57. The lowest BCUT2D eigenvalue weighted by molar-refractivity contribution is 0.0653. The molecule has 0 radical (unpaired) electrons. The van der Waals surface area contributed by atoms with Crippen molar-refractivity contribution >= 4 is 27.5 Å². The van der Waals surface area contributed by atoms with Crippen molar-refractivity contribution in [3.05, 3.63) is 28.2 Å². The van der Waals surface area contributed by atoms with Gasteiger partial charge in [-0.25, -0.2) is 0 Å². The molecule has 1 saturated heterocycles. The molecule has 0 saturated carbocycles. The van der Waals surface area contributed by atoms with Crippen molar-refractivity contribution in [2.75, 3.05) is 25.4 Å². The van der Waals surface area contributed by atoms with Crippen LogP contribution in [0.25, 0.3) is 0 Å². The van der Waals surface area contributed by atoms with Gasteiger partial charge in [0.15, 0.2) is 0 Å². The first-order chi connectivity index (χ1) is 9.11. The van der Waals surface area contributed by atoms with E-state index in [-0.39, 0.29) is 12.5 Å². The highest BCUT2D eigenvalue weighted by molar-refractivity contribution is 9.10. The number of carbonyl (C=O) groups excluding carboxylic acids is 1. The minimum absolute atomic E-state index is 0.0156. The Kier molecular flexibility index (Phi) is 4.82. The van der Waals surface area contributed by atoms with Crippen LogP contribution in [0, 0.1) is 5.92 Å². The first kappa shape index (κ1) is 14.3. The van der Waals surface area contributed by atoms with Gasteiger partial charge in [0.2, 0.25) is 0 Å². The van der Waals surface area contributed by atoms with Crippen LogP contribution in [0.15, 0.2) is 22.7 Å². The zero-order valence-corrected chi connectivity index (χ0v) is 12.4. The molecule has 0 aromatic heterocycles. The van der Waals surface area contributed by atoms with Crippen LogP contribution in [0.1, 0.15) is 29.6 Å². The number of aliphatic hydroxyl groups excluding tert-OH is 1. The third-order valence-corrected chi connectivity index (χ3v) is 4.26.